The van der Waals surface area contributed by atoms with Crippen molar-refractivity contribution in [1.82, 2.24) is 0 Å². The van der Waals surface area contributed by atoms with E-state index in [0.29, 0.717) is 12.8 Å². The van der Waals surface area contributed by atoms with Crippen LogP contribution in [-0.4, -0.2) is 98.3 Å². The van der Waals surface area contributed by atoms with Gasteiger partial charge in [0, 0.05) is 12.8 Å². The largest absolute Gasteiger partial charge is 0.472 e. The lowest BCUT2D eigenvalue weighted by molar-refractivity contribution is -0.220. The second kappa shape index (κ2) is 39.1. The van der Waals surface area contributed by atoms with Gasteiger partial charge in [-0.05, 0) is 12.8 Å². The second-order valence-electron chi connectivity index (χ2n) is 18.0. The number of carbonyl (C=O) groups is 2. The minimum absolute atomic E-state index is 0.104. The van der Waals surface area contributed by atoms with Crippen LogP contribution in [0, 0.1) is 0 Å². The van der Waals surface area contributed by atoms with Gasteiger partial charge >= 0.3 is 19.8 Å². The van der Waals surface area contributed by atoms with Crippen LogP contribution in [-0.2, 0) is 32.7 Å². The first-order valence-electron chi connectivity index (χ1n) is 25.3. The molecule has 1 aliphatic carbocycles. The summed E-state index contributed by atoms with van der Waals surface area (Å²) in [6, 6.07) is 0. The maximum Gasteiger partial charge on any atom is 0.472 e. The van der Waals surface area contributed by atoms with Gasteiger partial charge in [0.25, 0.3) is 0 Å². The minimum Gasteiger partial charge on any atom is -0.462 e. The van der Waals surface area contributed by atoms with Gasteiger partial charge in [0.05, 0.1) is 6.61 Å². The van der Waals surface area contributed by atoms with Crippen molar-refractivity contribution >= 4 is 19.8 Å². The summed E-state index contributed by atoms with van der Waals surface area (Å²) >= 11 is 0. The van der Waals surface area contributed by atoms with Crippen molar-refractivity contribution in [1.29, 1.82) is 0 Å². The quantitative estimate of drug-likeness (QED) is 0.0191. The van der Waals surface area contributed by atoms with E-state index in [0.717, 1.165) is 44.9 Å². The summed E-state index contributed by atoms with van der Waals surface area (Å²) in [6.45, 7) is 3.32. The van der Waals surface area contributed by atoms with E-state index in [1.54, 1.807) is 0 Å². The fourth-order valence-electron chi connectivity index (χ4n) is 8.11. The molecular weight excluding hydrogens is 815 g/mol. The highest BCUT2D eigenvalue weighted by Gasteiger charge is 2.51. The molecule has 0 spiro atoms. The summed E-state index contributed by atoms with van der Waals surface area (Å²) in [5.41, 5.74) is 0. The standard InChI is InChI=1S/C48H93O13P/c1-3-5-7-9-11-13-15-16-17-18-19-20-21-22-23-24-25-27-28-30-32-34-36-41(49)58-38-40(60-42(50)37-35-33-31-29-26-14-12-10-8-6-4-2)39-59-62(56,57)61-48-46(54)44(52)43(51)45(53)47(48)55/h40,43-48,51-55H,3-39H2,1-2H3,(H,56,57)/t40-,43?,44-,45?,46?,47?,48?/m1/s1. The number of ether oxygens (including phenoxy) is 2. The summed E-state index contributed by atoms with van der Waals surface area (Å²) in [5.74, 6) is -1.08. The highest BCUT2D eigenvalue weighted by molar-refractivity contribution is 7.47. The Balaban J connectivity index is 2.32. The molecule has 8 atom stereocenters. The van der Waals surface area contributed by atoms with E-state index in [-0.39, 0.29) is 12.8 Å². The summed E-state index contributed by atoms with van der Waals surface area (Å²) in [7, 11) is -5.11. The summed E-state index contributed by atoms with van der Waals surface area (Å²) in [5, 5.41) is 50.2. The Labute approximate surface area is 376 Å². The molecule has 62 heavy (non-hydrogen) atoms. The highest BCUT2D eigenvalue weighted by Crippen LogP contribution is 2.47. The number of aliphatic hydroxyl groups excluding tert-OH is 5. The molecule has 14 heteroatoms. The van der Waals surface area contributed by atoms with Crippen molar-refractivity contribution in [3.05, 3.63) is 0 Å². The molecule has 1 aliphatic rings. The number of rotatable bonds is 43. The van der Waals surface area contributed by atoms with Gasteiger partial charge in [-0.1, -0.05) is 213 Å². The summed E-state index contributed by atoms with van der Waals surface area (Å²) in [4.78, 5) is 35.7. The van der Waals surface area contributed by atoms with Gasteiger partial charge in [-0.3, -0.25) is 18.6 Å². The van der Waals surface area contributed by atoms with Gasteiger partial charge in [-0.15, -0.1) is 0 Å². The van der Waals surface area contributed by atoms with Crippen LogP contribution in [0.5, 0.6) is 0 Å². The molecule has 0 bridgehead atoms. The zero-order valence-corrected chi connectivity index (χ0v) is 40.1. The molecule has 0 amide bonds. The smallest absolute Gasteiger partial charge is 0.462 e. The third-order valence-electron chi connectivity index (χ3n) is 12.2. The fourth-order valence-corrected chi connectivity index (χ4v) is 9.09. The highest BCUT2D eigenvalue weighted by atomic mass is 31.2. The van der Waals surface area contributed by atoms with Crippen molar-refractivity contribution in [3.63, 3.8) is 0 Å². The molecule has 368 valence electrons. The van der Waals surface area contributed by atoms with E-state index in [9.17, 15) is 44.6 Å². The summed E-state index contributed by atoms with van der Waals surface area (Å²) < 4.78 is 33.6. The monoisotopic (exact) mass is 909 g/mol. The lowest BCUT2D eigenvalue weighted by Gasteiger charge is -2.41. The number of phosphoric ester groups is 1. The Morgan fingerprint density at radius 2 is 0.726 bits per heavy atom. The van der Waals surface area contributed by atoms with Gasteiger partial charge in [-0.25, -0.2) is 4.57 Å². The Hall–Kier alpha value is -1.15. The molecule has 1 rings (SSSR count). The zero-order chi connectivity index (χ0) is 45.7. The van der Waals surface area contributed by atoms with Gasteiger partial charge in [0.2, 0.25) is 0 Å². The van der Waals surface area contributed by atoms with Crippen LogP contribution in [0.15, 0.2) is 0 Å². The lowest BCUT2D eigenvalue weighted by Crippen LogP contribution is -2.64. The van der Waals surface area contributed by atoms with Crippen LogP contribution in [0.1, 0.15) is 239 Å². The van der Waals surface area contributed by atoms with Gasteiger partial charge in [-0.2, -0.15) is 0 Å². The van der Waals surface area contributed by atoms with Crippen LogP contribution in [0.4, 0.5) is 0 Å². The molecular formula is C48H93O13P. The van der Waals surface area contributed by atoms with Crippen LogP contribution in [0.3, 0.4) is 0 Å². The average molecular weight is 909 g/mol. The number of hydrogen-bond donors (Lipinski definition) is 6. The zero-order valence-electron chi connectivity index (χ0n) is 39.2. The molecule has 0 heterocycles. The van der Waals surface area contributed by atoms with Crippen molar-refractivity contribution in [2.24, 2.45) is 0 Å². The molecule has 0 aromatic heterocycles. The summed E-state index contributed by atoms with van der Waals surface area (Å²) in [6.07, 6.45) is 27.4. The van der Waals surface area contributed by atoms with Crippen LogP contribution in [0.2, 0.25) is 0 Å². The Kier molecular flexibility index (Phi) is 37.1. The maximum absolute atomic E-state index is 12.8. The normalized spacial score (nSPS) is 21.7. The lowest BCUT2D eigenvalue weighted by atomic mass is 9.85. The number of carbonyl (C=O) groups excluding carboxylic acids is 2. The third kappa shape index (κ3) is 30.9. The van der Waals surface area contributed by atoms with Crippen molar-refractivity contribution in [3.8, 4) is 0 Å². The fraction of sp³-hybridized carbons (Fsp3) is 0.958. The number of phosphoric acid groups is 1. The Bertz CT molecular complexity index is 1100. The van der Waals surface area contributed by atoms with E-state index in [4.69, 9.17) is 18.5 Å². The molecule has 0 aromatic carbocycles. The Morgan fingerprint density at radius 3 is 1.06 bits per heavy atom. The van der Waals surface area contributed by atoms with Crippen molar-refractivity contribution < 1.29 is 63.1 Å². The number of esters is 2. The molecule has 6 N–H and O–H groups in total. The van der Waals surface area contributed by atoms with Gasteiger partial charge in [0.1, 0.15) is 43.2 Å². The maximum atomic E-state index is 12.8. The molecule has 1 fully saturated rings. The first-order chi connectivity index (χ1) is 29.9. The number of unbranched alkanes of at least 4 members (excludes halogenated alkanes) is 31. The van der Waals surface area contributed by atoms with Crippen molar-refractivity contribution in [2.75, 3.05) is 13.2 Å². The topological polar surface area (TPSA) is 210 Å². The molecule has 0 aromatic rings. The molecule has 0 saturated heterocycles. The van der Waals surface area contributed by atoms with Crippen molar-refractivity contribution in [2.45, 2.75) is 281 Å². The molecule has 0 aliphatic heterocycles. The molecule has 0 radical (unpaired) electrons. The van der Waals surface area contributed by atoms with E-state index < -0.39 is 75.7 Å². The van der Waals surface area contributed by atoms with E-state index in [2.05, 4.69) is 13.8 Å². The first kappa shape index (κ1) is 58.9. The third-order valence-corrected chi connectivity index (χ3v) is 13.2. The SMILES string of the molecule is CCCCCCCCCCCCCCCCCCCCCCCCC(=O)OC[C@H](COP(=O)(O)OC1C(O)C(O)C(O)[C@@H](O)C1O)OC(=O)CCCCCCCCCCCCC. The van der Waals surface area contributed by atoms with Gasteiger partial charge < -0.3 is 39.9 Å². The molecule has 13 nitrogen and oxygen atoms in total. The molecule has 1 saturated carbocycles. The first-order valence-corrected chi connectivity index (χ1v) is 26.8. The Morgan fingerprint density at radius 1 is 0.435 bits per heavy atom. The van der Waals surface area contributed by atoms with Crippen LogP contribution >= 0.6 is 7.82 Å². The minimum atomic E-state index is -5.11. The van der Waals surface area contributed by atoms with Gasteiger partial charge in [0.15, 0.2) is 6.10 Å². The predicted molar refractivity (Wildman–Crippen MR) is 244 cm³/mol. The van der Waals surface area contributed by atoms with E-state index in [1.807, 2.05) is 0 Å². The van der Waals surface area contributed by atoms with E-state index >= 15 is 0 Å². The number of aliphatic hydroxyl groups is 5. The average Bonchev–Trinajstić information content (AvgIpc) is 3.25. The van der Waals surface area contributed by atoms with Crippen LogP contribution in [0.25, 0.3) is 0 Å². The predicted octanol–water partition coefficient (Wildman–Crippen LogP) is 10.5. The van der Waals surface area contributed by atoms with Crippen LogP contribution < -0.4 is 0 Å². The molecule has 6 unspecified atom stereocenters. The van der Waals surface area contributed by atoms with E-state index in [1.165, 1.54) is 154 Å². The number of hydrogen-bond acceptors (Lipinski definition) is 12. The second-order valence-corrected chi connectivity index (χ2v) is 19.4.